The molecule has 0 radical (unpaired) electrons. The van der Waals surface area contributed by atoms with Crippen LogP contribution in [0, 0.1) is 11.3 Å². The van der Waals surface area contributed by atoms with Crippen LogP contribution in [-0.4, -0.2) is 17.1 Å². The van der Waals surface area contributed by atoms with E-state index in [9.17, 15) is 9.59 Å². The third kappa shape index (κ3) is 5.74. The van der Waals surface area contributed by atoms with Crippen LogP contribution in [0.25, 0.3) is 11.8 Å². The molecule has 2 heterocycles. The number of thiazole rings is 1. The first kappa shape index (κ1) is 28.6. The van der Waals surface area contributed by atoms with Gasteiger partial charge in [0.25, 0.3) is 5.56 Å². The van der Waals surface area contributed by atoms with E-state index in [1.807, 2.05) is 97.1 Å². The number of carbonyl (C=O) groups excluding carboxylic acids is 1. The van der Waals surface area contributed by atoms with E-state index >= 15 is 0 Å². The van der Waals surface area contributed by atoms with Gasteiger partial charge in [0, 0.05) is 11.1 Å². The van der Waals surface area contributed by atoms with Gasteiger partial charge in [0.2, 0.25) is 0 Å². The first-order chi connectivity index (χ1) is 21.6. The molecule has 5 aromatic rings. The van der Waals surface area contributed by atoms with Crippen molar-refractivity contribution in [3.05, 3.63) is 162 Å². The molecule has 0 aliphatic carbocycles. The molecule has 0 saturated carbocycles. The highest BCUT2D eigenvalue weighted by molar-refractivity contribution is 7.07. The van der Waals surface area contributed by atoms with E-state index in [1.54, 1.807) is 29.7 Å². The number of nitriles is 1. The molecule has 1 aliphatic heterocycles. The van der Waals surface area contributed by atoms with Crippen LogP contribution in [0.1, 0.15) is 40.8 Å². The summed E-state index contributed by atoms with van der Waals surface area (Å²) in [6, 6.07) is 35.1. The van der Waals surface area contributed by atoms with Gasteiger partial charge in [-0.1, -0.05) is 102 Å². The number of ether oxygens (including phenoxy) is 2. The van der Waals surface area contributed by atoms with Crippen LogP contribution in [0.4, 0.5) is 0 Å². The van der Waals surface area contributed by atoms with Crippen molar-refractivity contribution in [1.82, 2.24) is 4.57 Å². The van der Waals surface area contributed by atoms with Gasteiger partial charge in [-0.3, -0.25) is 9.36 Å². The Hall–Kier alpha value is -5.52. The van der Waals surface area contributed by atoms with Crippen molar-refractivity contribution in [2.45, 2.75) is 19.6 Å². The number of carbonyl (C=O) groups is 1. The molecule has 0 unspecified atom stereocenters. The maximum atomic E-state index is 14.2. The second kappa shape index (κ2) is 12.8. The van der Waals surface area contributed by atoms with Gasteiger partial charge < -0.3 is 9.47 Å². The number of rotatable bonds is 8. The number of benzene rings is 4. The van der Waals surface area contributed by atoms with E-state index in [4.69, 9.17) is 19.7 Å². The van der Waals surface area contributed by atoms with E-state index in [0.29, 0.717) is 38.5 Å². The molecule has 1 aromatic heterocycles. The second-order valence-corrected chi connectivity index (χ2v) is 11.0. The number of hydrogen-bond donors (Lipinski definition) is 0. The summed E-state index contributed by atoms with van der Waals surface area (Å²) in [4.78, 5) is 33.1. The number of nitrogens with zero attached hydrogens (tertiary/aromatic N) is 3. The van der Waals surface area contributed by atoms with E-state index in [2.05, 4.69) is 6.07 Å². The van der Waals surface area contributed by atoms with Gasteiger partial charge >= 0.3 is 5.97 Å². The lowest BCUT2D eigenvalue weighted by Crippen LogP contribution is -2.40. The molecule has 0 N–H and O–H groups in total. The standard InChI is InChI=1S/C36H27N3O4S/c1-2-42-35(41)31-32(26-11-5-3-6-12-26)38-36-39(33(31)27-13-7-4-8-14-27)34(40)30(44-36)21-28-15-9-10-16-29(28)43-23-25-19-17-24(22-37)18-20-25/h3-21,33H,2,23H2,1H3/b30-21-/t33-/m1/s1. The van der Waals surface area contributed by atoms with Crippen molar-refractivity contribution in [2.75, 3.05) is 6.61 Å². The third-order valence-corrected chi connectivity index (χ3v) is 8.15. The summed E-state index contributed by atoms with van der Waals surface area (Å²) in [5.74, 6) is 0.0966. The zero-order chi connectivity index (χ0) is 30.5. The van der Waals surface area contributed by atoms with Gasteiger partial charge in [-0.25, -0.2) is 9.79 Å². The first-order valence-electron chi connectivity index (χ1n) is 14.1. The number of hydrogen-bond acceptors (Lipinski definition) is 7. The molecule has 1 aliphatic rings. The van der Waals surface area contributed by atoms with Crippen LogP contribution in [0.3, 0.4) is 0 Å². The fraction of sp³-hybridized carbons (Fsp3) is 0.111. The number of para-hydroxylation sites is 1. The molecule has 216 valence electrons. The minimum Gasteiger partial charge on any atom is -0.488 e. The number of aromatic nitrogens is 1. The smallest absolute Gasteiger partial charge is 0.338 e. The van der Waals surface area contributed by atoms with Crippen LogP contribution in [0.2, 0.25) is 0 Å². The molecule has 8 heteroatoms. The van der Waals surface area contributed by atoms with Crippen molar-refractivity contribution in [1.29, 1.82) is 5.26 Å². The molecular weight excluding hydrogens is 570 g/mol. The number of fused-ring (bicyclic) bond motifs is 1. The van der Waals surface area contributed by atoms with Crippen molar-refractivity contribution in [2.24, 2.45) is 4.99 Å². The lowest BCUT2D eigenvalue weighted by atomic mass is 9.93. The third-order valence-electron chi connectivity index (χ3n) is 7.17. The molecule has 44 heavy (non-hydrogen) atoms. The van der Waals surface area contributed by atoms with E-state index in [1.165, 1.54) is 11.3 Å². The monoisotopic (exact) mass is 597 g/mol. The Morgan fingerprint density at radius 1 is 0.955 bits per heavy atom. The Balaban J connectivity index is 1.49. The van der Waals surface area contributed by atoms with Gasteiger partial charge in [-0.2, -0.15) is 5.26 Å². The zero-order valence-electron chi connectivity index (χ0n) is 23.8. The van der Waals surface area contributed by atoms with Gasteiger partial charge in [0.05, 0.1) is 40.1 Å². The molecule has 0 amide bonds. The second-order valence-electron chi connectivity index (χ2n) is 9.98. The molecule has 4 aromatic carbocycles. The van der Waals surface area contributed by atoms with Crippen LogP contribution in [0.15, 0.2) is 125 Å². The van der Waals surface area contributed by atoms with Gasteiger partial charge in [-0.05, 0) is 42.3 Å². The lowest BCUT2D eigenvalue weighted by molar-refractivity contribution is -0.138. The topological polar surface area (TPSA) is 93.7 Å². The van der Waals surface area contributed by atoms with E-state index < -0.39 is 12.0 Å². The van der Waals surface area contributed by atoms with Gasteiger partial charge in [0.15, 0.2) is 4.80 Å². The summed E-state index contributed by atoms with van der Waals surface area (Å²) in [7, 11) is 0. The Kier molecular flexibility index (Phi) is 8.30. The average Bonchev–Trinajstić information content (AvgIpc) is 3.38. The Bertz CT molecular complexity index is 2070. The van der Waals surface area contributed by atoms with E-state index in [-0.39, 0.29) is 12.2 Å². The zero-order valence-corrected chi connectivity index (χ0v) is 24.7. The Morgan fingerprint density at radius 2 is 1.64 bits per heavy atom. The average molecular weight is 598 g/mol. The van der Waals surface area contributed by atoms with E-state index in [0.717, 1.165) is 22.3 Å². The summed E-state index contributed by atoms with van der Waals surface area (Å²) < 4.78 is 13.7. The number of esters is 1. The van der Waals surface area contributed by atoms with Crippen molar-refractivity contribution >= 4 is 29.1 Å². The van der Waals surface area contributed by atoms with Crippen molar-refractivity contribution in [3.8, 4) is 11.8 Å². The highest BCUT2D eigenvalue weighted by atomic mass is 32.1. The Morgan fingerprint density at radius 3 is 2.34 bits per heavy atom. The molecule has 1 atom stereocenters. The van der Waals surface area contributed by atoms with Crippen LogP contribution >= 0.6 is 11.3 Å². The molecule has 6 rings (SSSR count). The fourth-order valence-corrected chi connectivity index (χ4v) is 6.09. The molecular formula is C36H27N3O4S. The molecule has 0 saturated heterocycles. The van der Waals surface area contributed by atoms with Crippen molar-refractivity contribution < 1.29 is 14.3 Å². The van der Waals surface area contributed by atoms with Crippen molar-refractivity contribution in [3.63, 3.8) is 0 Å². The summed E-state index contributed by atoms with van der Waals surface area (Å²) in [5, 5.41) is 9.07. The van der Waals surface area contributed by atoms with Gasteiger partial charge in [0.1, 0.15) is 12.4 Å². The maximum Gasteiger partial charge on any atom is 0.338 e. The molecule has 0 spiro atoms. The normalized spacial score (nSPS) is 14.4. The SMILES string of the molecule is CCOC(=O)C1=C(c2ccccc2)N=c2s/c(=C\c3ccccc3OCc3ccc(C#N)cc3)c(=O)n2[C@@H]1c1ccccc1. The quantitative estimate of drug-likeness (QED) is 0.224. The van der Waals surface area contributed by atoms with Crippen LogP contribution < -0.4 is 19.6 Å². The fourth-order valence-electron chi connectivity index (χ4n) is 5.10. The summed E-state index contributed by atoms with van der Waals surface area (Å²) in [6.45, 7) is 2.25. The van der Waals surface area contributed by atoms with Crippen LogP contribution in [-0.2, 0) is 16.1 Å². The summed E-state index contributed by atoms with van der Waals surface area (Å²) in [5.41, 5.74) is 4.30. The van der Waals surface area contributed by atoms with Crippen LogP contribution in [0.5, 0.6) is 5.75 Å². The lowest BCUT2D eigenvalue weighted by Gasteiger charge is -2.25. The summed E-state index contributed by atoms with van der Waals surface area (Å²) >= 11 is 1.26. The predicted molar refractivity (Wildman–Crippen MR) is 169 cm³/mol. The minimum absolute atomic E-state index is 0.190. The molecule has 0 bridgehead atoms. The first-order valence-corrected chi connectivity index (χ1v) is 14.9. The maximum absolute atomic E-state index is 14.2. The largest absolute Gasteiger partial charge is 0.488 e. The highest BCUT2D eigenvalue weighted by Crippen LogP contribution is 2.35. The van der Waals surface area contributed by atoms with Gasteiger partial charge in [-0.15, -0.1) is 0 Å². The Labute approximate surface area is 257 Å². The highest BCUT2D eigenvalue weighted by Gasteiger charge is 2.35. The molecule has 0 fully saturated rings. The minimum atomic E-state index is -0.730. The molecule has 7 nitrogen and oxygen atoms in total. The summed E-state index contributed by atoms with van der Waals surface area (Å²) in [6.07, 6.45) is 1.80. The predicted octanol–water partition coefficient (Wildman–Crippen LogP) is 5.39.